The number of carbonyl (C=O) groups is 1. The highest BCUT2D eigenvalue weighted by Gasteiger charge is 2.52. The second-order valence-corrected chi connectivity index (χ2v) is 14.6. The minimum Gasteiger partial charge on any atom is -0.461 e. The molecule has 254 valence electrons. The van der Waals surface area contributed by atoms with Crippen molar-refractivity contribution in [2.75, 3.05) is 56.5 Å². The summed E-state index contributed by atoms with van der Waals surface area (Å²) in [6.07, 6.45) is -1.03. The highest BCUT2D eigenvalue weighted by atomic mass is 32.1. The molecule has 2 aromatic heterocycles. The van der Waals surface area contributed by atoms with E-state index in [0.717, 1.165) is 61.9 Å². The van der Waals surface area contributed by atoms with Crippen LogP contribution in [-0.2, 0) is 11.0 Å². The Morgan fingerprint density at radius 3 is 2.56 bits per heavy atom. The number of halogens is 5. The molecule has 0 bridgehead atoms. The quantitative estimate of drug-likeness (QED) is 0.187. The molecule has 5 heterocycles. The highest BCUT2D eigenvalue weighted by molar-refractivity contribution is 7.22. The number of carbonyl (C=O) groups excluding carboxylic acids is 1. The van der Waals surface area contributed by atoms with Crippen LogP contribution in [0.1, 0.15) is 38.7 Å². The summed E-state index contributed by atoms with van der Waals surface area (Å²) in [5, 5.41) is -0.242. The van der Waals surface area contributed by atoms with E-state index < -0.39 is 28.9 Å². The van der Waals surface area contributed by atoms with Gasteiger partial charge in [0.25, 0.3) is 0 Å². The number of piperazine rings is 1. The minimum atomic E-state index is -5.02. The van der Waals surface area contributed by atoms with E-state index in [1.54, 1.807) is 9.80 Å². The van der Waals surface area contributed by atoms with Crippen LogP contribution in [0.25, 0.3) is 32.2 Å². The maximum Gasteiger partial charge on any atom is 0.417 e. The van der Waals surface area contributed by atoms with Crippen molar-refractivity contribution in [3.8, 4) is 17.1 Å². The SMILES string of the molecule is C=CC(=O)N1CCN(c2nc(OCC34CCCN3CC(C)(C)C4)nc3c(F)c(-c4ccc(F)c5sc(N)nc45)c(C(F)(F)F)cc23)CC1. The van der Waals surface area contributed by atoms with Crippen molar-refractivity contribution >= 4 is 49.3 Å². The third-order valence-electron chi connectivity index (χ3n) is 9.68. The van der Waals surface area contributed by atoms with Gasteiger partial charge in [0, 0.05) is 49.2 Å². The van der Waals surface area contributed by atoms with Crippen LogP contribution in [0.3, 0.4) is 0 Å². The number of fused-ring (bicyclic) bond motifs is 3. The van der Waals surface area contributed by atoms with Gasteiger partial charge in [-0.15, -0.1) is 0 Å². The maximum atomic E-state index is 16.9. The maximum absolute atomic E-state index is 16.9. The molecule has 0 aliphatic carbocycles. The standard InChI is InChI=1S/C33H34F5N7O2S/c1-4-22(46)43-10-12-44(13-11-43)28-19-14-20(33(36,37)38)23(18-6-7-21(34)27-26(18)40-29(39)48-27)24(35)25(19)41-30(42-28)47-17-32-8-5-9-45(32)16-31(2,3)15-32/h4,6-7,14H,1,5,8-13,15-17H2,2-3H3,(H2,39,40). The molecular formula is C33H34F5N7O2S. The normalized spacial score (nSPS) is 21.3. The largest absolute Gasteiger partial charge is 0.461 e. The fraction of sp³-hybridized carbons (Fsp3) is 0.455. The topological polar surface area (TPSA) is 101 Å². The number of anilines is 2. The lowest BCUT2D eigenvalue weighted by Crippen LogP contribution is -2.48. The van der Waals surface area contributed by atoms with Crippen LogP contribution in [0.2, 0.25) is 0 Å². The van der Waals surface area contributed by atoms with E-state index in [2.05, 4.69) is 40.3 Å². The number of nitrogens with zero attached hydrogens (tertiary/aromatic N) is 6. The number of hydrogen-bond acceptors (Lipinski definition) is 9. The number of ether oxygens (including phenoxy) is 1. The molecule has 2 N–H and O–H groups in total. The Bertz CT molecular complexity index is 1960. The third-order valence-corrected chi connectivity index (χ3v) is 10.6. The van der Waals surface area contributed by atoms with E-state index in [1.165, 1.54) is 6.08 Å². The van der Waals surface area contributed by atoms with E-state index in [1.807, 2.05) is 0 Å². The molecule has 3 aliphatic rings. The lowest BCUT2D eigenvalue weighted by Gasteiger charge is -2.35. The van der Waals surface area contributed by atoms with Gasteiger partial charge in [0.05, 0.1) is 21.3 Å². The summed E-state index contributed by atoms with van der Waals surface area (Å²) >= 11 is 0.761. The smallest absolute Gasteiger partial charge is 0.417 e. The molecule has 1 unspecified atom stereocenters. The first-order valence-corrected chi connectivity index (χ1v) is 16.5. The van der Waals surface area contributed by atoms with E-state index in [4.69, 9.17) is 10.5 Å². The number of benzene rings is 2. The van der Waals surface area contributed by atoms with Crippen molar-refractivity contribution in [3.05, 3.63) is 48.1 Å². The van der Waals surface area contributed by atoms with E-state index >= 15 is 4.39 Å². The van der Waals surface area contributed by atoms with E-state index in [0.29, 0.717) is 0 Å². The lowest BCUT2D eigenvalue weighted by atomic mass is 9.83. The van der Waals surface area contributed by atoms with Crippen molar-refractivity contribution in [3.63, 3.8) is 0 Å². The van der Waals surface area contributed by atoms with Crippen molar-refractivity contribution in [2.45, 2.75) is 44.8 Å². The molecule has 4 aromatic rings. The summed E-state index contributed by atoms with van der Waals surface area (Å²) in [6.45, 7) is 10.9. The molecule has 1 amide bonds. The van der Waals surface area contributed by atoms with Gasteiger partial charge in [-0.25, -0.2) is 13.8 Å². The van der Waals surface area contributed by atoms with Gasteiger partial charge in [-0.3, -0.25) is 9.69 Å². The van der Waals surface area contributed by atoms with Crippen LogP contribution in [0.5, 0.6) is 6.01 Å². The monoisotopic (exact) mass is 687 g/mol. The average molecular weight is 688 g/mol. The first kappa shape index (κ1) is 32.4. The van der Waals surface area contributed by atoms with Crippen molar-refractivity contribution in [2.24, 2.45) is 5.41 Å². The molecule has 0 saturated carbocycles. The van der Waals surface area contributed by atoms with Gasteiger partial charge in [-0.1, -0.05) is 31.8 Å². The number of hydrogen-bond donors (Lipinski definition) is 1. The first-order valence-electron chi connectivity index (χ1n) is 15.7. The van der Waals surface area contributed by atoms with Crippen LogP contribution in [0.4, 0.5) is 32.9 Å². The second-order valence-electron chi connectivity index (χ2n) is 13.6. The fourth-order valence-electron chi connectivity index (χ4n) is 7.76. The molecule has 1 atom stereocenters. The van der Waals surface area contributed by atoms with Crippen molar-refractivity contribution < 1.29 is 31.5 Å². The van der Waals surface area contributed by atoms with Gasteiger partial charge in [0.15, 0.2) is 10.9 Å². The summed E-state index contributed by atoms with van der Waals surface area (Å²) in [6, 6.07) is 2.70. The zero-order valence-corrected chi connectivity index (χ0v) is 27.3. The van der Waals surface area contributed by atoms with Gasteiger partial charge in [-0.05, 0) is 55.5 Å². The van der Waals surface area contributed by atoms with Crippen molar-refractivity contribution in [1.29, 1.82) is 0 Å². The Balaban J connectivity index is 1.39. The first-order chi connectivity index (χ1) is 22.7. The van der Waals surface area contributed by atoms with Gasteiger partial charge < -0.3 is 20.3 Å². The number of amides is 1. The molecule has 48 heavy (non-hydrogen) atoms. The Labute approximate surface area is 277 Å². The summed E-state index contributed by atoms with van der Waals surface area (Å²) in [4.78, 5) is 31.0. The molecule has 2 aromatic carbocycles. The zero-order chi connectivity index (χ0) is 34.2. The van der Waals surface area contributed by atoms with Gasteiger partial charge in [-0.2, -0.15) is 23.1 Å². The summed E-state index contributed by atoms with van der Waals surface area (Å²) in [7, 11) is 0. The van der Waals surface area contributed by atoms with Crippen LogP contribution in [-0.4, -0.2) is 82.1 Å². The third kappa shape index (κ3) is 5.50. The molecule has 0 spiro atoms. The molecule has 3 saturated heterocycles. The highest BCUT2D eigenvalue weighted by Crippen LogP contribution is 2.48. The Hall–Kier alpha value is -4.11. The van der Waals surface area contributed by atoms with Gasteiger partial charge in [0.2, 0.25) is 5.91 Å². The number of aromatic nitrogens is 3. The Kier molecular flexibility index (Phi) is 7.77. The lowest BCUT2D eigenvalue weighted by molar-refractivity contribution is -0.137. The van der Waals surface area contributed by atoms with Gasteiger partial charge in [0.1, 0.15) is 23.8 Å². The Morgan fingerprint density at radius 1 is 1.10 bits per heavy atom. The summed E-state index contributed by atoms with van der Waals surface area (Å²) in [5.41, 5.74) is 2.68. The van der Waals surface area contributed by atoms with Crippen LogP contribution in [0, 0.1) is 17.0 Å². The second kappa shape index (κ2) is 11.5. The molecule has 3 aliphatic heterocycles. The minimum absolute atomic E-state index is 0.0614. The molecule has 9 nitrogen and oxygen atoms in total. The molecule has 15 heteroatoms. The average Bonchev–Trinajstić information content (AvgIpc) is 3.69. The Morgan fingerprint density at radius 2 is 1.85 bits per heavy atom. The van der Waals surface area contributed by atoms with Crippen LogP contribution in [0.15, 0.2) is 30.9 Å². The number of rotatable bonds is 6. The van der Waals surface area contributed by atoms with Crippen molar-refractivity contribution in [1.82, 2.24) is 24.8 Å². The number of nitrogen functional groups attached to an aromatic ring is 1. The number of nitrogens with two attached hydrogens (primary N) is 1. The predicted molar refractivity (Wildman–Crippen MR) is 174 cm³/mol. The fourth-order valence-corrected chi connectivity index (χ4v) is 8.53. The van der Waals surface area contributed by atoms with E-state index in [9.17, 15) is 22.4 Å². The molecule has 3 fully saturated rings. The summed E-state index contributed by atoms with van der Waals surface area (Å²) in [5.74, 6) is -2.21. The zero-order valence-electron chi connectivity index (χ0n) is 26.5. The van der Waals surface area contributed by atoms with Gasteiger partial charge >= 0.3 is 12.2 Å². The number of thiazole rings is 1. The predicted octanol–water partition coefficient (Wildman–Crippen LogP) is 6.26. The van der Waals surface area contributed by atoms with Crippen LogP contribution < -0.4 is 15.4 Å². The molecule has 0 radical (unpaired) electrons. The van der Waals surface area contributed by atoms with Crippen LogP contribution >= 0.6 is 11.3 Å². The summed E-state index contributed by atoms with van der Waals surface area (Å²) < 4.78 is 82.2. The van der Waals surface area contributed by atoms with E-state index in [-0.39, 0.29) is 93.3 Å². The molecular weight excluding hydrogens is 653 g/mol. The molecule has 7 rings (SSSR count). The number of alkyl halides is 3.